The van der Waals surface area contributed by atoms with E-state index in [1.165, 1.54) is 36.8 Å². The number of nitriles is 1. The summed E-state index contributed by atoms with van der Waals surface area (Å²) in [6, 6.07) is 19.5. The maximum Gasteiger partial charge on any atom is 0.0991 e. The highest BCUT2D eigenvalue weighted by atomic mass is 14.9. The molecule has 1 aliphatic rings. The van der Waals surface area contributed by atoms with E-state index in [9.17, 15) is 5.26 Å². The van der Waals surface area contributed by atoms with E-state index in [2.05, 4.69) is 55.7 Å². The Bertz CT molecular complexity index is 744. The van der Waals surface area contributed by atoms with Crippen molar-refractivity contribution in [3.63, 3.8) is 0 Å². The zero-order valence-corrected chi connectivity index (χ0v) is 15.3. The van der Waals surface area contributed by atoms with Gasteiger partial charge in [-0.25, -0.2) is 0 Å². The largest absolute Gasteiger partial charge is 0.317 e. The molecule has 0 bridgehead atoms. The molecule has 1 aliphatic carbocycles. The Kier molecular flexibility index (Phi) is 5.89. The highest BCUT2D eigenvalue weighted by molar-refractivity contribution is 5.68. The van der Waals surface area contributed by atoms with Crippen LogP contribution in [-0.2, 0) is 6.42 Å². The minimum absolute atomic E-state index is 0.612. The molecular weight excluding hydrogens is 304 g/mol. The second-order valence-electron chi connectivity index (χ2n) is 7.30. The van der Waals surface area contributed by atoms with Crippen molar-refractivity contribution in [2.75, 3.05) is 7.05 Å². The first-order valence-electron chi connectivity index (χ1n) is 9.50. The van der Waals surface area contributed by atoms with E-state index >= 15 is 0 Å². The topological polar surface area (TPSA) is 35.8 Å². The Labute approximate surface area is 151 Å². The second-order valence-corrected chi connectivity index (χ2v) is 7.30. The lowest BCUT2D eigenvalue weighted by Crippen LogP contribution is -2.39. The summed E-state index contributed by atoms with van der Waals surface area (Å²) in [5, 5.41) is 12.8. The van der Waals surface area contributed by atoms with Gasteiger partial charge in [0.15, 0.2) is 0 Å². The van der Waals surface area contributed by atoms with Crippen LogP contribution in [0.1, 0.15) is 43.7 Å². The molecule has 2 heteroatoms. The molecule has 0 aromatic heterocycles. The lowest BCUT2D eigenvalue weighted by atomic mass is 9.74. The average molecular weight is 332 g/mol. The summed E-state index contributed by atoms with van der Waals surface area (Å²) >= 11 is 0. The summed E-state index contributed by atoms with van der Waals surface area (Å²) in [5.74, 6) is 1.55. The van der Waals surface area contributed by atoms with Crippen LogP contribution in [0.3, 0.4) is 0 Å². The predicted octanol–water partition coefficient (Wildman–Crippen LogP) is 5.18. The molecule has 25 heavy (non-hydrogen) atoms. The smallest absolute Gasteiger partial charge is 0.0991 e. The van der Waals surface area contributed by atoms with Gasteiger partial charge in [-0.2, -0.15) is 5.26 Å². The van der Waals surface area contributed by atoms with Gasteiger partial charge in [0, 0.05) is 6.04 Å². The van der Waals surface area contributed by atoms with Crippen LogP contribution in [0.5, 0.6) is 0 Å². The van der Waals surface area contributed by atoms with Crippen LogP contribution in [0, 0.1) is 23.2 Å². The zero-order valence-electron chi connectivity index (χ0n) is 15.3. The maximum absolute atomic E-state index is 9.20. The molecule has 1 N–H and O–H groups in total. The third-order valence-corrected chi connectivity index (χ3v) is 5.84. The third-order valence-electron chi connectivity index (χ3n) is 5.84. The summed E-state index contributed by atoms with van der Waals surface area (Å²) < 4.78 is 0. The standard InChI is InChI=1S/C23H28N2/c1-3-17-11-12-23(25-2)21(13-17)15-20-8-4-5-10-22(20)19-9-6-7-18(14-19)16-24/h4-10,14,17,21,23,25H,3,11-13,15H2,1-2H3. The molecule has 3 atom stereocenters. The molecule has 0 radical (unpaired) electrons. The molecule has 0 saturated heterocycles. The number of hydrogen-bond donors (Lipinski definition) is 1. The normalized spacial score (nSPS) is 23.2. The van der Waals surface area contributed by atoms with E-state index < -0.39 is 0 Å². The highest BCUT2D eigenvalue weighted by Crippen LogP contribution is 2.35. The van der Waals surface area contributed by atoms with E-state index in [0.717, 1.165) is 23.5 Å². The summed E-state index contributed by atoms with van der Waals surface area (Å²) in [4.78, 5) is 0. The molecular formula is C23H28N2. The third kappa shape index (κ3) is 4.11. The summed E-state index contributed by atoms with van der Waals surface area (Å²) in [6.07, 6.45) is 6.35. The Morgan fingerprint density at radius 1 is 1.12 bits per heavy atom. The van der Waals surface area contributed by atoms with Gasteiger partial charge in [-0.3, -0.25) is 0 Å². The number of nitrogens with zero attached hydrogens (tertiary/aromatic N) is 1. The van der Waals surface area contributed by atoms with Crippen LogP contribution in [-0.4, -0.2) is 13.1 Å². The zero-order chi connectivity index (χ0) is 17.6. The van der Waals surface area contributed by atoms with Crippen molar-refractivity contribution in [3.8, 4) is 17.2 Å². The van der Waals surface area contributed by atoms with Crippen molar-refractivity contribution in [1.82, 2.24) is 5.32 Å². The molecule has 3 unspecified atom stereocenters. The van der Waals surface area contributed by atoms with E-state index in [4.69, 9.17) is 0 Å². The van der Waals surface area contributed by atoms with Gasteiger partial charge in [0.05, 0.1) is 11.6 Å². The van der Waals surface area contributed by atoms with E-state index in [0.29, 0.717) is 12.0 Å². The Hall–Kier alpha value is -2.11. The fourth-order valence-corrected chi connectivity index (χ4v) is 4.36. The molecule has 130 valence electrons. The van der Waals surface area contributed by atoms with Gasteiger partial charge in [0.2, 0.25) is 0 Å². The van der Waals surface area contributed by atoms with Crippen LogP contribution in [0.15, 0.2) is 48.5 Å². The summed E-state index contributed by atoms with van der Waals surface area (Å²) in [7, 11) is 2.10. The molecule has 0 amide bonds. The van der Waals surface area contributed by atoms with Crippen molar-refractivity contribution in [3.05, 3.63) is 59.7 Å². The lowest BCUT2D eigenvalue weighted by molar-refractivity contribution is 0.205. The van der Waals surface area contributed by atoms with Gasteiger partial charge < -0.3 is 5.32 Å². The molecule has 0 heterocycles. The summed E-state index contributed by atoms with van der Waals surface area (Å²) in [5.41, 5.74) is 4.55. The van der Waals surface area contributed by atoms with E-state index in [1.54, 1.807) is 0 Å². The monoisotopic (exact) mass is 332 g/mol. The maximum atomic E-state index is 9.20. The number of rotatable bonds is 5. The van der Waals surface area contributed by atoms with Gasteiger partial charge in [-0.1, -0.05) is 49.7 Å². The molecule has 1 saturated carbocycles. The summed E-state index contributed by atoms with van der Waals surface area (Å²) in [6.45, 7) is 2.32. The Morgan fingerprint density at radius 2 is 1.96 bits per heavy atom. The fourth-order valence-electron chi connectivity index (χ4n) is 4.36. The Morgan fingerprint density at radius 3 is 2.72 bits per heavy atom. The molecule has 1 fully saturated rings. The van der Waals surface area contributed by atoms with Crippen molar-refractivity contribution in [1.29, 1.82) is 5.26 Å². The van der Waals surface area contributed by atoms with E-state index in [1.807, 2.05) is 18.2 Å². The predicted molar refractivity (Wildman–Crippen MR) is 104 cm³/mol. The van der Waals surface area contributed by atoms with Crippen LogP contribution in [0.25, 0.3) is 11.1 Å². The highest BCUT2D eigenvalue weighted by Gasteiger charge is 2.29. The van der Waals surface area contributed by atoms with Gasteiger partial charge in [-0.05, 0) is 73.4 Å². The van der Waals surface area contributed by atoms with Gasteiger partial charge >= 0.3 is 0 Å². The minimum atomic E-state index is 0.612. The van der Waals surface area contributed by atoms with Crippen molar-refractivity contribution in [2.24, 2.45) is 11.8 Å². The number of benzene rings is 2. The minimum Gasteiger partial charge on any atom is -0.317 e. The lowest BCUT2D eigenvalue weighted by Gasteiger charge is -2.36. The molecule has 3 rings (SSSR count). The van der Waals surface area contributed by atoms with Crippen LogP contribution in [0.2, 0.25) is 0 Å². The first-order valence-corrected chi connectivity index (χ1v) is 9.50. The van der Waals surface area contributed by atoms with Crippen LogP contribution >= 0.6 is 0 Å². The van der Waals surface area contributed by atoms with E-state index in [-0.39, 0.29) is 0 Å². The molecule has 0 spiro atoms. The van der Waals surface area contributed by atoms with Gasteiger partial charge in [0.1, 0.15) is 0 Å². The van der Waals surface area contributed by atoms with Crippen molar-refractivity contribution < 1.29 is 0 Å². The van der Waals surface area contributed by atoms with Crippen molar-refractivity contribution in [2.45, 2.75) is 45.1 Å². The van der Waals surface area contributed by atoms with Crippen molar-refractivity contribution >= 4 is 0 Å². The first-order chi connectivity index (χ1) is 12.2. The number of nitrogens with one attached hydrogen (secondary N) is 1. The molecule has 2 nitrogen and oxygen atoms in total. The molecule has 2 aromatic carbocycles. The van der Waals surface area contributed by atoms with Crippen LogP contribution in [0.4, 0.5) is 0 Å². The number of hydrogen-bond acceptors (Lipinski definition) is 2. The van der Waals surface area contributed by atoms with Gasteiger partial charge in [-0.15, -0.1) is 0 Å². The second kappa shape index (κ2) is 8.32. The Balaban J connectivity index is 1.88. The average Bonchev–Trinajstić information content (AvgIpc) is 2.68. The fraction of sp³-hybridized carbons (Fsp3) is 0.435. The molecule has 2 aromatic rings. The van der Waals surface area contributed by atoms with Crippen LogP contribution < -0.4 is 5.32 Å². The SMILES string of the molecule is CCC1CCC(NC)C(Cc2ccccc2-c2cccc(C#N)c2)C1. The van der Waals surface area contributed by atoms with Gasteiger partial charge in [0.25, 0.3) is 0 Å². The molecule has 0 aliphatic heterocycles. The quantitative estimate of drug-likeness (QED) is 0.818. The first kappa shape index (κ1) is 17.7.